The van der Waals surface area contributed by atoms with Gasteiger partial charge in [0.2, 0.25) is 0 Å². The van der Waals surface area contributed by atoms with Crippen molar-refractivity contribution < 1.29 is 29.3 Å². The lowest BCUT2D eigenvalue weighted by Crippen LogP contribution is -2.15. The highest BCUT2D eigenvalue weighted by Crippen LogP contribution is 2.50. The van der Waals surface area contributed by atoms with Crippen molar-refractivity contribution in [2.24, 2.45) is 0 Å². The molecule has 0 saturated carbocycles. The molecule has 0 spiro atoms. The summed E-state index contributed by atoms with van der Waals surface area (Å²) in [6.45, 7) is 0. The number of carboxylic acids is 2. The van der Waals surface area contributed by atoms with Gasteiger partial charge >= 0.3 is 11.9 Å². The maximum atomic E-state index is 13.0. The second-order valence-corrected chi connectivity index (χ2v) is 9.05. The SMILES string of the molecule is COc1ccc(-c2c(-c3ccccc3)c(C(=O)O)c(C(=O)O)c(-c3ccccc3)c2-c2ccc(OC)cc2)cc1. The Bertz CT molecular complexity index is 1550. The van der Waals surface area contributed by atoms with E-state index in [4.69, 9.17) is 9.47 Å². The Labute approximate surface area is 231 Å². The van der Waals surface area contributed by atoms with E-state index >= 15 is 0 Å². The van der Waals surface area contributed by atoms with E-state index in [9.17, 15) is 19.8 Å². The van der Waals surface area contributed by atoms with Gasteiger partial charge in [0.05, 0.1) is 25.3 Å². The third-order valence-corrected chi connectivity index (χ3v) is 6.81. The second kappa shape index (κ2) is 11.2. The highest BCUT2D eigenvalue weighted by molar-refractivity contribution is 6.18. The number of carboxylic acid groups (broad SMARTS) is 2. The van der Waals surface area contributed by atoms with Crippen molar-refractivity contribution in [3.63, 3.8) is 0 Å². The number of hydrogen-bond donors (Lipinski definition) is 2. The lowest BCUT2D eigenvalue weighted by atomic mass is 9.77. The van der Waals surface area contributed by atoms with E-state index in [1.54, 1.807) is 87.0 Å². The van der Waals surface area contributed by atoms with Gasteiger partial charge in [0.1, 0.15) is 11.5 Å². The maximum Gasteiger partial charge on any atom is 0.337 e. The Hall–Kier alpha value is -5.36. The molecule has 0 aliphatic carbocycles. The van der Waals surface area contributed by atoms with E-state index in [1.807, 2.05) is 36.4 Å². The molecule has 0 unspecified atom stereocenters. The molecule has 0 fully saturated rings. The van der Waals surface area contributed by atoms with Crippen LogP contribution in [0.2, 0.25) is 0 Å². The van der Waals surface area contributed by atoms with Gasteiger partial charge in [-0.15, -0.1) is 0 Å². The number of hydrogen-bond acceptors (Lipinski definition) is 4. The van der Waals surface area contributed by atoms with Gasteiger partial charge < -0.3 is 19.7 Å². The minimum atomic E-state index is -1.33. The molecule has 2 N–H and O–H groups in total. The van der Waals surface area contributed by atoms with Crippen molar-refractivity contribution in [1.29, 1.82) is 0 Å². The van der Waals surface area contributed by atoms with Gasteiger partial charge in [-0.1, -0.05) is 84.9 Å². The highest BCUT2D eigenvalue weighted by Gasteiger charge is 2.33. The van der Waals surface area contributed by atoms with E-state index in [2.05, 4.69) is 0 Å². The van der Waals surface area contributed by atoms with E-state index in [0.29, 0.717) is 56.0 Å². The first-order valence-electron chi connectivity index (χ1n) is 12.5. The molecular formula is C34H26O6. The van der Waals surface area contributed by atoms with Crippen LogP contribution < -0.4 is 9.47 Å². The van der Waals surface area contributed by atoms with Crippen molar-refractivity contribution in [2.75, 3.05) is 14.2 Å². The summed E-state index contributed by atoms with van der Waals surface area (Å²) in [7, 11) is 3.15. The van der Waals surface area contributed by atoms with Crippen LogP contribution in [0.15, 0.2) is 109 Å². The summed E-state index contributed by atoms with van der Waals surface area (Å²) in [5.41, 5.74) is 3.87. The Balaban J connectivity index is 2.08. The van der Waals surface area contributed by atoms with Crippen molar-refractivity contribution >= 4 is 11.9 Å². The first-order chi connectivity index (χ1) is 19.4. The minimum Gasteiger partial charge on any atom is -0.497 e. The molecule has 0 atom stereocenters. The lowest BCUT2D eigenvalue weighted by molar-refractivity contribution is 0.0653. The van der Waals surface area contributed by atoms with Crippen molar-refractivity contribution in [3.8, 4) is 56.0 Å². The number of ether oxygens (including phenoxy) is 2. The quantitative estimate of drug-likeness (QED) is 0.213. The van der Waals surface area contributed by atoms with Gasteiger partial charge in [-0.25, -0.2) is 9.59 Å². The van der Waals surface area contributed by atoms with Crippen molar-refractivity contribution in [3.05, 3.63) is 120 Å². The van der Waals surface area contributed by atoms with Gasteiger partial charge in [0, 0.05) is 11.1 Å². The number of benzene rings is 5. The zero-order valence-electron chi connectivity index (χ0n) is 21.9. The average molecular weight is 531 g/mol. The van der Waals surface area contributed by atoms with Crippen LogP contribution in [-0.4, -0.2) is 36.4 Å². The Morgan fingerprint density at radius 3 is 1.02 bits per heavy atom. The molecule has 5 aromatic carbocycles. The Kier molecular flexibility index (Phi) is 7.33. The molecule has 6 nitrogen and oxygen atoms in total. The summed E-state index contributed by atoms with van der Waals surface area (Å²) in [5, 5.41) is 21.2. The highest BCUT2D eigenvalue weighted by atomic mass is 16.5. The second-order valence-electron chi connectivity index (χ2n) is 9.05. The van der Waals surface area contributed by atoms with Gasteiger partial charge in [0.25, 0.3) is 0 Å². The fourth-order valence-corrected chi connectivity index (χ4v) is 5.06. The van der Waals surface area contributed by atoms with E-state index in [0.717, 1.165) is 0 Å². The standard InChI is InChI=1S/C34H26O6/c1-39-25-17-13-23(14-18-25)27-28(24-15-19-26(40-2)20-16-24)30(22-11-7-4-8-12-22)32(34(37)38)31(33(35)36)29(27)21-9-5-3-6-10-21/h3-20H,1-2H3,(H,35,36)(H,37,38). The van der Waals surface area contributed by atoms with Gasteiger partial charge in [-0.3, -0.25) is 0 Å². The Morgan fingerprint density at radius 2 is 0.750 bits per heavy atom. The van der Waals surface area contributed by atoms with E-state index in [-0.39, 0.29) is 11.1 Å². The molecule has 0 aliphatic rings. The smallest absolute Gasteiger partial charge is 0.337 e. The molecule has 5 rings (SSSR count). The topological polar surface area (TPSA) is 93.1 Å². The molecule has 0 bridgehead atoms. The Morgan fingerprint density at radius 1 is 0.450 bits per heavy atom. The zero-order valence-corrected chi connectivity index (χ0v) is 21.9. The van der Waals surface area contributed by atoms with Crippen LogP contribution in [0.3, 0.4) is 0 Å². The van der Waals surface area contributed by atoms with E-state index in [1.165, 1.54) is 0 Å². The zero-order chi connectivity index (χ0) is 28.2. The molecule has 0 aliphatic heterocycles. The fraction of sp³-hybridized carbons (Fsp3) is 0.0588. The van der Waals surface area contributed by atoms with Crippen LogP contribution >= 0.6 is 0 Å². The summed E-state index contributed by atoms with van der Waals surface area (Å²) in [4.78, 5) is 26.0. The van der Waals surface area contributed by atoms with Crippen LogP contribution in [0.4, 0.5) is 0 Å². The monoisotopic (exact) mass is 530 g/mol. The lowest BCUT2D eigenvalue weighted by Gasteiger charge is -2.25. The number of carbonyl (C=O) groups is 2. The largest absolute Gasteiger partial charge is 0.497 e. The van der Waals surface area contributed by atoms with Gasteiger partial charge in [0.15, 0.2) is 0 Å². The molecule has 5 aromatic rings. The summed E-state index contributed by atoms with van der Waals surface area (Å²) >= 11 is 0. The molecule has 0 radical (unpaired) electrons. The third kappa shape index (κ3) is 4.78. The molecule has 0 amide bonds. The minimum absolute atomic E-state index is 0.277. The fourth-order valence-electron chi connectivity index (χ4n) is 5.06. The first kappa shape index (κ1) is 26.3. The van der Waals surface area contributed by atoms with E-state index < -0.39 is 11.9 Å². The molecular weight excluding hydrogens is 504 g/mol. The molecule has 6 heteroatoms. The molecule has 0 aromatic heterocycles. The number of aromatic carboxylic acids is 2. The molecule has 40 heavy (non-hydrogen) atoms. The number of rotatable bonds is 8. The van der Waals surface area contributed by atoms with Crippen LogP contribution in [0.1, 0.15) is 20.7 Å². The van der Waals surface area contributed by atoms with Crippen LogP contribution in [0.25, 0.3) is 44.5 Å². The summed E-state index contributed by atoms with van der Waals surface area (Å²) in [5.74, 6) is -1.38. The van der Waals surface area contributed by atoms with Crippen molar-refractivity contribution in [1.82, 2.24) is 0 Å². The predicted octanol–water partition coefficient (Wildman–Crippen LogP) is 7.77. The first-order valence-corrected chi connectivity index (χ1v) is 12.5. The summed E-state index contributed by atoms with van der Waals surface area (Å²) < 4.78 is 10.8. The normalized spacial score (nSPS) is 10.7. The molecule has 198 valence electrons. The third-order valence-electron chi connectivity index (χ3n) is 6.81. The molecule has 0 heterocycles. The summed E-state index contributed by atoms with van der Waals surface area (Å²) in [6.07, 6.45) is 0. The average Bonchev–Trinajstić information content (AvgIpc) is 3.00. The van der Waals surface area contributed by atoms with Gasteiger partial charge in [-0.2, -0.15) is 0 Å². The van der Waals surface area contributed by atoms with Crippen LogP contribution in [0.5, 0.6) is 11.5 Å². The van der Waals surface area contributed by atoms with Gasteiger partial charge in [-0.05, 0) is 57.6 Å². The number of methoxy groups -OCH3 is 2. The van der Waals surface area contributed by atoms with Crippen molar-refractivity contribution in [2.45, 2.75) is 0 Å². The summed E-state index contributed by atoms with van der Waals surface area (Å²) in [6, 6.07) is 32.7. The van der Waals surface area contributed by atoms with Crippen LogP contribution in [-0.2, 0) is 0 Å². The maximum absolute atomic E-state index is 13.0. The van der Waals surface area contributed by atoms with Crippen LogP contribution in [0, 0.1) is 0 Å². The molecule has 0 saturated heterocycles. The predicted molar refractivity (Wildman–Crippen MR) is 155 cm³/mol.